The number of likely N-dealkylation sites (tertiary alicyclic amines) is 1. The van der Waals surface area contributed by atoms with Gasteiger partial charge in [0, 0.05) is 32.0 Å². The molecule has 0 N–H and O–H groups in total. The largest absolute Gasteiger partial charge is 0.339 e. The lowest BCUT2D eigenvalue weighted by molar-refractivity contribution is -0.136. The Kier molecular flexibility index (Phi) is 4.22. The number of carbonyl (C=O) groups excluding carboxylic acids is 1. The highest BCUT2D eigenvalue weighted by atomic mass is 32.2. The molecule has 2 fully saturated rings. The van der Waals surface area contributed by atoms with E-state index in [4.69, 9.17) is 0 Å². The third-order valence-corrected chi connectivity index (χ3v) is 5.86. The number of amides is 1. The molecule has 0 unspecified atom stereocenters. The molecule has 3 rings (SSSR count). The molecule has 2 aliphatic rings. The van der Waals surface area contributed by atoms with Crippen LogP contribution in [0.1, 0.15) is 31.7 Å². The lowest BCUT2D eigenvalue weighted by atomic mass is 10.0. The van der Waals surface area contributed by atoms with Crippen LogP contribution in [0.3, 0.4) is 0 Å². The summed E-state index contributed by atoms with van der Waals surface area (Å²) in [6.07, 6.45) is 9.93. The summed E-state index contributed by atoms with van der Waals surface area (Å²) in [4.78, 5) is 18.7. The van der Waals surface area contributed by atoms with Gasteiger partial charge in [-0.3, -0.25) is 4.79 Å². The van der Waals surface area contributed by atoms with Gasteiger partial charge >= 0.3 is 0 Å². The summed E-state index contributed by atoms with van der Waals surface area (Å²) < 4.78 is 27.0. The number of piperidine rings is 1. The molecule has 1 aromatic rings. The van der Waals surface area contributed by atoms with E-state index in [0.29, 0.717) is 26.1 Å². The number of hydrogen-bond donors (Lipinski definition) is 0. The summed E-state index contributed by atoms with van der Waals surface area (Å²) in [6, 6.07) is -0.287. The summed E-state index contributed by atoms with van der Waals surface area (Å²) >= 11 is 0. The number of sulfonamides is 1. The van der Waals surface area contributed by atoms with Crippen molar-refractivity contribution in [3.05, 3.63) is 18.7 Å². The van der Waals surface area contributed by atoms with Crippen molar-refractivity contribution in [2.24, 2.45) is 0 Å². The smallest absolute Gasteiger partial charge is 0.241 e. The lowest BCUT2D eigenvalue weighted by Gasteiger charge is -2.36. The van der Waals surface area contributed by atoms with Gasteiger partial charge in [0.1, 0.15) is 6.04 Å². The predicted octanol–water partition coefficient (Wildman–Crippen LogP) is 0.471. The van der Waals surface area contributed by atoms with Gasteiger partial charge in [-0.1, -0.05) is 0 Å². The maximum absolute atomic E-state index is 12.8. The van der Waals surface area contributed by atoms with Crippen LogP contribution < -0.4 is 0 Å². The van der Waals surface area contributed by atoms with Crippen LogP contribution in [-0.4, -0.2) is 65.0 Å². The zero-order valence-electron chi connectivity index (χ0n) is 12.8. The molecule has 1 aromatic heterocycles. The Morgan fingerprint density at radius 2 is 2.00 bits per heavy atom. The molecule has 0 aliphatic carbocycles. The fraction of sp³-hybridized carbons (Fsp3) is 0.714. The van der Waals surface area contributed by atoms with E-state index in [1.165, 1.54) is 10.6 Å². The number of carbonyl (C=O) groups is 1. The second-order valence-electron chi connectivity index (χ2n) is 6.12. The van der Waals surface area contributed by atoms with E-state index in [0.717, 1.165) is 19.3 Å². The molecule has 0 bridgehead atoms. The second kappa shape index (κ2) is 6.00. The van der Waals surface area contributed by atoms with Crippen molar-refractivity contribution in [2.45, 2.75) is 37.8 Å². The molecule has 2 saturated heterocycles. The standard InChI is InChI=1S/C14H22N4O3S/c1-22(20,21)18-8-3-5-13(18)14(19)16-7-2-4-12(10-16)17-9-6-15-11-17/h6,9,11-13H,2-5,7-8,10H2,1H3/t12-,13-/m0/s1. The highest BCUT2D eigenvalue weighted by molar-refractivity contribution is 7.88. The van der Waals surface area contributed by atoms with Crippen LogP contribution in [-0.2, 0) is 14.8 Å². The predicted molar refractivity (Wildman–Crippen MR) is 81.6 cm³/mol. The monoisotopic (exact) mass is 326 g/mol. The van der Waals surface area contributed by atoms with Crippen molar-refractivity contribution >= 4 is 15.9 Å². The first-order valence-corrected chi connectivity index (χ1v) is 9.54. The summed E-state index contributed by atoms with van der Waals surface area (Å²) in [5, 5.41) is 0. The molecule has 3 heterocycles. The molecule has 0 aromatic carbocycles. The molecule has 22 heavy (non-hydrogen) atoms. The Morgan fingerprint density at radius 3 is 2.68 bits per heavy atom. The minimum atomic E-state index is -3.32. The van der Waals surface area contributed by atoms with Gasteiger partial charge in [0.25, 0.3) is 0 Å². The fourth-order valence-electron chi connectivity index (χ4n) is 3.48. The van der Waals surface area contributed by atoms with Crippen molar-refractivity contribution in [3.63, 3.8) is 0 Å². The van der Waals surface area contributed by atoms with E-state index in [1.54, 1.807) is 12.5 Å². The lowest BCUT2D eigenvalue weighted by Crippen LogP contribution is -2.50. The van der Waals surface area contributed by atoms with Gasteiger partial charge in [0.15, 0.2) is 0 Å². The van der Waals surface area contributed by atoms with Gasteiger partial charge in [-0.15, -0.1) is 0 Å². The average molecular weight is 326 g/mol. The molecule has 2 aliphatic heterocycles. The number of nitrogens with zero attached hydrogens (tertiary/aromatic N) is 4. The molecule has 1 amide bonds. The van der Waals surface area contributed by atoms with Crippen LogP contribution in [0.5, 0.6) is 0 Å². The topological polar surface area (TPSA) is 75.5 Å². The van der Waals surface area contributed by atoms with E-state index in [1.807, 2.05) is 15.7 Å². The van der Waals surface area contributed by atoms with Crippen molar-refractivity contribution in [1.29, 1.82) is 0 Å². The molecule has 8 heteroatoms. The van der Waals surface area contributed by atoms with Crippen LogP contribution in [0.15, 0.2) is 18.7 Å². The molecule has 7 nitrogen and oxygen atoms in total. The molecular formula is C14H22N4O3S. The number of hydrogen-bond acceptors (Lipinski definition) is 4. The maximum atomic E-state index is 12.8. The van der Waals surface area contributed by atoms with Crippen molar-refractivity contribution in [2.75, 3.05) is 25.9 Å². The third-order valence-electron chi connectivity index (χ3n) is 4.57. The first-order chi connectivity index (χ1) is 10.5. The van der Waals surface area contributed by atoms with Gasteiger partial charge in [-0.25, -0.2) is 13.4 Å². The Balaban J connectivity index is 1.72. The number of imidazole rings is 1. The fourth-order valence-corrected chi connectivity index (χ4v) is 4.60. The van der Waals surface area contributed by atoms with E-state index in [-0.39, 0.29) is 11.9 Å². The van der Waals surface area contributed by atoms with Crippen molar-refractivity contribution < 1.29 is 13.2 Å². The summed E-state index contributed by atoms with van der Waals surface area (Å²) in [5.41, 5.74) is 0. The van der Waals surface area contributed by atoms with Crippen LogP contribution in [0.2, 0.25) is 0 Å². The second-order valence-corrected chi connectivity index (χ2v) is 8.06. The van der Waals surface area contributed by atoms with Gasteiger partial charge in [0.05, 0.1) is 18.6 Å². The first-order valence-electron chi connectivity index (χ1n) is 7.70. The Hall–Kier alpha value is -1.41. The SMILES string of the molecule is CS(=O)(=O)N1CCC[C@H]1C(=O)N1CCC[C@H](n2ccnc2)C1. The van der Waals surface area contributed by atoms with Crippen LogP contribution in [0.4, 0.5) is 0 Å². The zero-order chi connectivity index (χ0) is 15.7. The first kappa shape index (κ1) is 15.5. The Labute approximate surface area is 131 Å². The number of rotatable bonds is 3. The Morgan fingerprint density at radius 1 is 1.23 bits per heavy atom. The van der Waals surface area contributed by atoms with Gasteiger partial charge < -0.3 is 9.47 Å². The van der Waals surface area contributed by atoms with Crippen LogP contribution in [0.25, 0.3) is 0 Å². The summed E-state index contributed by atoms with van der Waals surface area (Å²) in [5.74, 6) is -0.0484. The molecule has 0 saturated carbocycles. The molecule has 122 valence electrons. The van der Waals surface area contributed by atoms with E-state index in [9.17, 15) is 13.2 Å². The Bertz CT molecular complexity index is 629. The van der Waals surface area contributed by atoms with Crippen molar-refractivity contribution in [3.8, 4) is 0 Å². The van der Waals surface area contributed by atoms with Gasteiger partial charge in [-0.2, -0.15) is 4.31 Å². The zero-order valence-corrected chi connectivity index (χ0v) is 13.6. The van der Waals surface area contributed by atoms with Crippen molar-refractivity contribution in [1.82, 2.24) is 18.8 Å². The van der Waals surface area contributed by atoms with Gasteiger partial charge in [0.2, 0.25) is 15.9 Å². The van der Waals surface area contributed by atoms with E-state index in [2.05, 4.69) is 4.98 Å². The van der Waals surface area contributed by atoms with Crippen LogP contribution >= 0.6 is 0 Å². The summed E-state index contributed by atoms with van der Waals surface area (Å²) in [6.45, 7) is 1.79. The highest BCUT2D eigenvalue weighted by Crippen LogP contribution is 2.26. The normalized spacial score (nSPS) is 27.2. The minimum Gasteiger partial charge on any atom is -0.339 e. The van der Waals surface area contributed by atoms with E-state index >= 15 is 0 Å². The molecule has 0 spiro atoms. The summed E-state index contributed by atoms with van der Waals surface area (Å²) in [7, 11) is -3.32. The quantitative estimate of drug-likeness (QED) is 0.809. The number of aromatic nitrogens is 2. The average Bonchev–Trinajstić information content (AvgIpc) is 3.17. The molecular weight excluding hydrogens is 304 g/mol. The van der Waals surface area contributed by atoms with Crippen LogP contribution in [0, 0.1) is 0 Å². The van der Waals surface area contributed by atoms with E-state index < -0.39 is 16.1 Å². The third kappa shape index (κ3) is 3.03. The highest BCUT2D eigenvalue weighted by Gasteiger charge is 2.39. The molecule has 0 radical (unpaired) electrons. The maximum Gasteiger partial charge on any atom is 0.241 e. The molecule has 2 atom stereocenters. The van der Waals surface area contributed by atoms with Gasteiger partial charge in [-0.05, 0) is 25.7 Å². The minimum absolute atomic E-state index is 0.0484.